The Balaban J connectivity index is 1.50. The van der Waals surface area contributed by atoms with Crippen molar-refractivity contribution in [2.75, 3.05) is 13.2 Å². The van der Waals surface area contributed by atoms with Crippen molar-refractivity contribution >= 4 is 40.8 Å². The van der Waals surface area contributed by atoms with E-state index in [1.54, 1.807) is 49.5 Å². The Kier molecular flexibility index (Phi) is 15.7. The Morgan fingerprint density at radius 1 is 0.870 bits per heavy atom. The van der Waals surface area contributed by atoms with Crippen LogP contribution in [0.3, 0.4) is 0 Å². The molecule has 0 saturated carbocycles. The fourth-order valence-corrected chi connectivity index (χ4v) is 6.35. The summed E-state index contributed by atoms with van der Waals surface area (Å²) >= 11 is 11.7. The van der Waals surface area contributed by atoms with E-state index < -0.39 is 128 Å². The summed E-state index contributed by atoms with van der Waals surface area (Å²) < 4.78 is 27.9. The highest BCUT2D eigenvalue weighted by Crippen LogP contribution is 2.35. The van der Waals surface area contributed by atoms with Crippen molar-refractivity contribution in [1.29, 1.82) is 0 Å². The Morgan fingerprint density at radius 2 is 1.50 bits per heavy atom. The predicted molar refractivity (Wildman–Crippen MR) is 189 cm³/mol. The first kappa shape index (κ1) is 43.5. The molecule has 0 bridgehead atoms. The average molecular weight is 804 g/mol. The number of aliphatic hydroxyl groups is 7. The fourth-order valence-electron chi connectivity index (χ4n) is 5.94. The molecule has 0 aromatic heterocycles. The Hall–Kier alpha value is -3.27. The molecule has 0 aromatic rings. The van der Waals surface area contributed by atoms with E-state index in [0.717, 1.165) is 11.0 Å². The van der Waals surface area contributed by atoms with Gasteiger partial charge in [0.15, 0.2) is 24.6 Å². The number of likely N-dealkylation sites (tertiary alicyclic amines) is 1. The normalized spacial score (nSPS) is 38.3. The number of hydrogen-bond acceptors (Lipinski definition) is 15. The molecule has 4 heterocycles. The molecular weight excluding hydrogens is 759 g/mol. The van der Waals surface area contributed by atoms with Crippen LogP contribution in [0.5, 0.6) is 0 Å². The maximum Gasteiger partial charge on any atom is 0.264 e. The van der Waals surface area contributed by atoms with Crippen LogP contribution in [0, 0.1) is 0 Å². The zero-order valence-electron chi connectivity index (χ0n) is 29.1. The molecule has 17 nitrogen and oxygen atoms in total. The van der Waals surface area contributed by atoms with Crippen molar-refractivity contribution in [2.24, 2.45) is 5.73 Å². The highest BCUT2D eigenvalue weighted by atomic mass is 35.5. The van der Waals surface area contributed by atoms with Crippen molar-refractivity contribution in [2.45, 2.75) is 100 Å². The SMILES string of the molecule is C/C(Cl)=C/C(Cl)=C/C=C/C=C/C=C/C=C/C(O)=C1\C(=O)[C@H](CC(N)=O)N([C@@H]2OC[C@@H](O)[C@H](O)[C@H]2O[C@@H]2OC[C@@H](O[C@@H]3O[C@H](C)[C@@H](O)[C@@H]3O)[C@@H](O)[C@@H]2O)C1=O. The molecule has 4 saturated heterocycles. The lowest BCUT2D eigenvalue weighted by atomic mass is 10.0. The second-order valence-electron chi connectivity index (χ2n) is 12.8. The molecule has 4 fully saturated rings. The van der Waals surface area contributed by atoms with E-state index in [9.17, 15) is 50.1 Å². The summed E-state index contributed by atoms with van der Waals surface area (Å²) in [5, 5.41) is 75.0. The molecule has 19 heteroatoms. The van der Waals surface area contributed by atoms with Gasteiger partial charge in [0.25, 0.3) is 5.91 Å². The monoisotopic (exact) mass is 802 g/mol. The van der Waals surface area contributed by atoms with Crippen molar-refractivity contribution in [3.63, 3.8) is 0 Å². The first-order valence-corrected chi connectivity index (χ1v) is 17.5. The van der Waals surface area contributed by atoms with Gasteiger partial charge in [-0.2, -0.15) is 0 Å². The summed E-state index contributed by atoms with van der Waals surface area (Å²) in [5.41, 5.74) is 4.67. The Bertz CT molecular complexity index is 1590. The van der Waals surface area contributed by atoms with Gasteiger partial charge in [-0.15, -0.1) is 0 Å². The highest BCUT2D eigenvalue weighted by molar-refractivity contribution is 6.34. The molecule has 0 aromatic carbocycles. The average Bonchev–Trinajstić information content (AvgIpc) is 3.49. The van der Waals surface area contributed by atoms with E-state index in [4.69, 9.17) is 52.6 Å². The summed E-state index contributed by atoms with van der Waals surface area (Å²) in [6.45, 7) is 2.15. The molecule has 9 N–H and O–H groups in total. The number of allylic oxidation sites excluding steroid dienone is 12. The number of halogens is 2. The summed E-state index contributed by atoms with van der Waals surface area (Å²) in [4.78, 5) is 40.1. The van der Waals surface area contributed by atoms with Crippen LogP contribution in [0.4, 0.5) is 0 Å². The quantitative estimate of drug-likeness (QED) is 0.0497. The third-order valence-electron chi connectivity index (χ3n) is 8.71. The molecule has 13 atom stereocenters. The fraction of sp³-hybridized carbons (Fsp3) is 0.514. The second kappa shape index (κ2) is 19.5. The largest absolute Gasteiger partial charge is 0.507 e. The number of carbonyl (C=O) groups excluding carboxylic acids is 3. The van der Waals surface area contributed by atoms with Gasteiger partial charge in [0.1, 0.15) is 66.2 Å². The number of carbonyl (C=O) groups is 3. The molecule has 0 unspecified atom stereocenters. The number of rotatable bonds is 13. The third-order valence-corrected chi connectivity index (χ3v) is 9.06. The zero-order valence-corrected chi connectivity index (χ0v) is 30.6. The molecule has 4 aliphatic heterocycles. The molecule has 0 spiro atoms. The maximum atomic E-state index is 13.8. The molecular formula is C35H44Cl2N2O15. The number of Topliss-reactive ketones (excluding diaryl/α,β-unsaturated/α-hetero) is 1. The number of nitrogens with zero attached hydrogens (tertiary/aromatic N) is 1. The summed E-state index contributed by atoms with van der Waals surface area (Å²) in [7, 11) is 0. The third kappa shape index (κ3) is 10.5. The number of primary amides is 1. The predicted octanol–water partition coefficient (Wildman–Crippen LogP) is -0.663. The Morgan fingerprint density at radius 3 is 2.11 bits per heavy atom. The van der Waals surface area contributed by atoms with Gasteiger partial charge < -0.3 is 65.2 Å². The van der Waals surface area contributed by atoms with Gasteiger partial charge in [-0.25, -0.2) is 0 Å². The van der Waals surface area contributed by atoms with Crippen LogP contribution in [0.25, 0.3) is 0 Å². The summed E-state index contributed by atoms with van der Waals surface area (Å²) in [5.74, 6) is -3.88. The molecule has 0 radical (unpaired) electrons. The van der Waals surface area contributed by atoms with Gasteiger partial charge in [-0.3, -0.25) is 19.3 Å². The van der Waals surface area contributed by atoms with Crippen molar-refractivity contribution in [3.8, 4) is 0 Å². The molecule has 4 rings (SSSR count). The van der Waals surface area contributed by atoms with Gasteiger partial charge in [0, 0.05) is 10.1 Å². The van der Waals surface area contributed by atoms with E-state index in [2.05, 4.69) is 0 Å². The van der Waals surface area contributed by atoms with Gasteiger partial charge in [-0.1, -0.05) is 65.7 Å². The number of hydrogen-bond donors (Lipinski definition) is 8. The molecule has 4 aliphatic rings. The first-order chi connectivity index (χ1) is 25.5. The van der Waals surface area contributed by atoms with E-state index in [1.165, 1.54) is 19.1 Å². The van der Waals surface area contributed by atoms with Crippen LogP contribution >= 0.6 is 23.2 Å². The van der Waals surface area contributed by atoms with E-state index in [1.807, 2.05) is 0 Å². The molecule has 54 heavy (non-hydrogen) atoms. The number of nitrogens with two attached hydrogens (primary N) is 1. The molecule has 0 aliphatic carbocycles. The van der Waals surface area contributed by atoms with Crippen LogP contribution in [0.1, 0.15) is 20.3 Å². The van der Waals surface area contributed by atoms with Gasteiger partial charge in [0.2, 0.25) is 5.91 Å². The second-order valence-corrected chi connectivity index (χ2v) is 13.8. The van der Waals surface area contributed by atoms with Crippen LogP contribution in [-0.2, 0) is 38.1 Å². The van der Waals surface area contributed by atoms with Crippen LogP contribution in [0.2, 0.25) is 0 Å². The van der Waals surface area contributed by atoms with Gasteiger partial charge in [0.05, 0.1) is 25.7 Å². The van der Waals surface area contributed by atoms with Crippen molar-refractivity contribution in [1.82, 2.24) is 4.90 Å². The minimum absolute atomic E-state index is 0.431. The highest BCUT2D eigenvalue weighted by Gasteiger charge is 2.56. The maximum absolute atomic E-state index is 13.8. The lowest BCUT2D eigenvalue weighted by Gasteiger charge is -2.46. The van der Waals surface area contributed by atoms with E-state index in [0.29, 0.717) is 10.1 Å². The Labute approximate surface area is 320 Å². The number of ether oxygens (including phenoxy) is 5. The number of aliphatic hydroxyl groups excluding tert-OH is 7. The minimum atomic E-state index is -1.89. The topological polar surface area (TPSA) is 268 Å². The lowest BCUT2D eigenvalue weighted by molar-refractivity contribution is -0.338. The van der Waals surface area contributed by atoms with Crippen molar-refractivity contribution < 1.29 is 73.8 Å². The van der Waals surface area contributed by atoms with Crippen LogP contribution < -0.4 is 5.73 Å². The van der Waals surface area contributed by atoms with Gasteiger partial charge in [-0.05, 0) is 32.1 Å². The molecule has 2 amide bonds. The van der Waals surface area contributed by atoms with Crippen molar-refractivity contribution in [3.05, 3.63) is 82.2 Å². The number of amides is 2. The van der Waals surface area contributed by atoms with E-state index >= 15 is 0 Å². The van der Waals surface area contributed by atoms with Crippen LogP contribution in [-0.4, -0.2) is 151 Å². The smallest absolute Gasteiger partial charge is 0.264 e. The summed E-state index contributed by atoms with van der Waals surface area (Å²) in [6, 6.07) is -1.63. The number of ketones is 1. The van der Waals surface area contributed by atoms with E-state index in [-0.39, 0.29) is 0 Å². The standard InChI is InChI=1S/C35H44Cl2N2O15/c1-16(36)12-18(37)10-8-6-4-3-5-7-9-11-20(40)24-26(44)19(13-23(38)42)39(32(24)49)33-31(27(45)21(41)14-50-33)54-34-30(48)28(46)22(15-51-34)53-35-29(47)25(43)17(2)52-35/h3-12,17,19,21-22,25,27-31,33-35,40-41,43,45-48H,13-15H2,1-2H3,(H2,38,42)/b4-3+,7-5+,8-6+,11-9+,16-12-,18-10-,24-20-/t17-,19+,21-,22-,25-,27+,28-,29+,30+,31-,33-,34+,35+/m1/s1. The summed E-state index contributed by atoms with van der Waals surface area (Å²) in [6.07, 6.45) is -3.79. The minimum Gasteiger partial charge on any atom is -0.507 e. The zero-order chi connectivity index (χ0) is 39.9. The molecule has 298 valence electrons. The first-order valence-electron chi connectivity index (χ1n) is 16.8. The van der Waals surface area contributed by atoms with Gasteiger partial charge >= 0.3 is 0 Å². The van der Waals surface area contributed by atoms with Crippen LogP contribution in [0.15, 0.2) is 82.2 Å². The lowest BCUT2D eigenvalue weighted by Crippen LogP contribution is -2.65.